The average Bonchev–Trinajstić information content (AvgIpc) is 2.25. The van der Waals surface area contributed by atoms with Gasteiger partial charge in [-0.05, 0) is 24.6 Å². The molecular weight excluding hydrogens is 252 g/mol. The molecule has 0 radical (unpaired) electrons. The molecule has 1 aromatic carbocycles. The lowest BCUT2D eigenvalue weighted by Gasteiger charge is -2.12. The first-order valence-corrected chi connectivity index (χ1v) is 6.59. The van der Waals surface area contributed by atoms with Crippen LogP contribution in [0, 0.1) is 6.92 Å². The first-order valence-electron chi connectivity index (χ1n) is 5.19. The number of hydrogen-bond donors (Lipinski definition) is 1. The van der Waals surface area contributed by atoms with Crippen LogP contribution < -0.4 is 5.32 Å². The molecule has 0 aliphatic heterocycles. The lowest BCUT2D eigenvalue weighted by Crippen LogP contribution is -2.20. The van der Waals surface area contributed by atoms with Gasteiger partial charge in [0, 0.05) is 19.8 Å². The van der Waals surface area contributed by atoms with E-state index in [0.29, 0.717) is 10.1 Å². The zero-order chi connectivity index (χ0) is 12.8. The Hall–Kier alpha value is -1.07. The maximum absolute atomic E-state index is 11.6. The van der Waals surface area contributed by atoms with Gasteiger partial charge in [-0.15, -0.1) is 0 Å². The lowest BCUT2D eigenvalue weighted by atomic mass is 10.2. The van der Waals surface area contributed by atoms with Gasteiger partial charge in [0.05, 0.1) is 5.75 Å². The second-order valence-electron chi connectivity index (χ2n) is 3.87. The molecule has 5 heteroatoms. The van der Waals surface area contributed by atoms with Gasteiger partial charge in [-0.1, -0.05) is 36.1 Å². The summed E-state index contributed by atoms with van der Waals surface area (Å²) in [7, 11) is 3.74. The van der Waals surface area contributed by atoms with Crippen molar-refractivity contribution in [1.29, 1.82) is 0 Å². The number of thioether (sulfide) groups is 1. The highest BCUT2D eigenvalue weighted by Gasteiger charge is 2.06. The number of carbonyl (C=O) groups excluding carboxylic acids is 1. The van der Waals surface area contributed by atoms with E-state index in [-0.39, 0.29) is 5.91 Å². The fourth-order valence-electron chi connectivity index (χ4n) is 1.18. The molecule has 1 N–H and O–H groups in total. The molecule has 0 saturated carbocycles. The van der Waals surface area contributed by atoms with Gasteiger partial charge < -0.3 is 10.2 Å². The third-order valence-corrected chi connectivity index (χ3v) is 3.73. The van der Waals surface area contributed by atoms with Crippen molar-refractivity contribution in [1.82, 2.24) is 4.90 Å². The van der Waals surface area contributed by atoms with Crippen molar-refractivity contribution in [2.75, 3.05) is 25.2 Å². The molecule has 1 rings (SSSR count). The fourth-order valence-corrected chi connectivity index (χ4v) is 1.94. The minimum absolute atomic E-state index is 0.0372. The van der Waals surface area contributed by atoms with Gasteiger partial charge in [0.2, 0.25) is 5.91 Å². The third-order valence-electron chi connectivity index (χ3n) is 1.99. The first kappa shape index (κ1) is 14.0. The third kappa shape index (κ3) is 5.19. The zero-order valence-electron chi connectivity index (χ0n) is 10.2. The standard InChI is InChI=1S/C12H16N2OS2/c1-9-5-4-6-10(7-9)13-11(15)8-17-12(16)14(2)3/h4-7H,8H2,1-3H3,(H,13,15). The monoisotopic (exact) mass is 268 g/mol. The average molecular weight is 268 g/mol. The van der Waals surface area contributed by atoms with Crippen LogP contribution in [0.25, 0.3) is 0 Å². The van der Waals surface area contributed by atoms with Crippen LogP contribution in [0.1, 0.15) is 5.56 Å². The van der Waals surface area contributed by atoms with Gasteiger partial charge in [-0.2, -0.15) is 0 Å². The van der Waals surface area contributed by atoms with Crippen LogP contribution in [0.5, 0.6) is 0 Å². The predicted molar refractivity (Wildman–Crippen MR) is 78.6 cm³/mol. The van der Waals surface area contributed by atoms with E-state index in [1.807, 2.05) is 50.2 Å². The molecule has 0 fully saturated rings. The van der Waals surface area contributed by atoms with Crippen molar-refractivity contribution in [3.63, 3.8) is 0 Å². The summed E-state index contributed by atoms with van der Waals surface area (Å²) in [6, 6.07) is 7.72. The second-order valence-corrected chi connectivity index (χ2v) is 5.48. The normalized spacial score (nSPS) is 9.82. The summed E-state index contributed by atoms with van der Waals surface area (Å²) in [5.41, 5.74) is 1.95. The minimum Gasteiger partial charge on any atom is -0.364 e. The van der Waals surface area contributed by atoms with Gasteiger partial charge in [0.15, 0.2) is 0 Å². The van der Waals surface area contributed by atoms with E-state index in [9.17, 15) is 4.79 Å². The molecule has 0 unspecified atom stereocenters. The zero-order valence-corrected chi connectivity index (χ0v) is 11.8. The number of nitrogens with one attached hydrogen (secondary N) is 1. The van der Waals surface area contributed by atoms with Crippen LogP contribution in [0.2, 0.25) is 0 Å². The van der Waals surface area contributed by atoms with Gasteiger partial charge in [0.1, 0.15) is 4.32 Å². The maximum atomic E-state index is 11.6. The number of benzene rings is 1. The highest BCUT2D eigenvalue weighted by atomic mass is 32.2. The molecule has 3 nitrogen and oxygen atoms in total. The number of anilines is 1. The van der Waals surface area contributed by atoms with E-state index in [1.165, 1.54) is 11.8 Å². The molecule has 0 heterocycles. The summed E-state index contributed by atoms with van der Waals surface area (Å²) in [5, 5.41) is 2.84. The summed E-state index contributed by atoms with van der Waals surface area (Å²) in [5.74, 6) is 0.301. The Morgan fingerprint density at radius 1 is 1.47 bits per heavy atom. The van der Waals surface area contributed by atoms with Gasteiger partial charge in [0.25, 0.3) is 0 Å². The summed E-state index contributed by atoms with van der Waals surface area (Å²) in [4.78, 5) is 13.5. The van der Waals surface area contributed by atoms with Crippen molar-refractivity contribution < 1.29 is 4.79 Å². The topological polar surface area (TPSA) is 32.3 Å². The molecule has 0 spiro atoms. The van der Waals surface area contributed by atoms with Crippen LogP contribution in [0.15, 0.2) is 24.3 Å². The van der Waals surface area contributed by atoms with Crippen LogP contribution in [0.3, 0.4) is 0 Å². The quantitative estimate of drug-likeness (QED) is 0.854. The van der Waals surface area contributed by atoms with Gasteiger partial charge in [-0.25, -0.2) is 0 Å². The Bertz CT molecular complexity index is 419. The van der Waals surface area contributed by atoms with Crippen LogP contribution in [0.4, 0.5) is 5.69 Å². The Labute approximate surface area is 112 Å². The van der Waals surface area contributed by atoms with E-state index in [1.54, 1.807) is 0 Å². The summed E-state index contributed by atoms with van der Waals surface area (Å²) < 4.78 is 0.712. The van der Waals surface area contributed by atoms with Crippen LogP contribution >= 0.6 is 24.0 Å². The van der Waals surface area contributed by atoms with E-state index in [2.05, 4.69) is 5.32 Å². The van der Waals surface area contributed by atoms with E-state index < -0.39 is 0 Å². The van der Waals surface area contributed by atoms with Crippen molar-refractivity contribution >= 4 is 39.9 Å². The Morgan fingerprint density at radius 3 is 2.76 bits per heavy atom. The molecule has 0 aliphatic carbocycles. The second kappa shape index (κ2) is 6.61. The summed E-state index contributed by atoms with van der Waals surface area (Å²) in [6.45, 7) is 1.99. The molecule has 17 heavy (non-hydrogen) atoms. The predicted octanol–water partition coefficient (Wildman–Crippen LogP) is 2.51. The van der Waals surface area contributed by atoms with E-state index in [4.69, 9.17) is 12.2 Å². The SMILES string of the molecule is Cc1cccc(NC(=O)CSC(=S)N(C)C)c1. The molecule has 0 bridgehead atoms. The number of aryl methyl sites for hydroxylation is 1. The molecule has 1 amide bonds. The van der Waals surface area contributed by atoms with Gasteiger partial charge in [-0.3, -0.25) is 4.79 Å². The number of nitrogens with zero attached hydrogens (tertiary/aromatic N) is 1. The van der Waals surface area contributed by atoms with Crippen molar-refractivity contribution in [2.24, 2.45) is 0 Å². The number of amides is 1. The Balaban J connectivity index is 2.43. The molecule has 0 atom stereocenters. The Kier molecular flexibility index (Phi) is 5.44. The largest absolute Gasteiger partial charge is 0.364 e. The van der Waals surface area contributed by atoms with Crippen molar-refractivity contribution in [2.45, 2.75) is 6.92 Å². The fraction of sp³-hybridized carbons (Fsp3) is 0.333. The number of rotatable bonds is 3. The maximum Gasteiger partial charge on any atom is 0.234 e. The summed E-state index contributed by atoms with van der Waals surface area (Å²) in [6.07, 6.45) is 0. The molecule has 92 valence electrons. The van der Waals surface area contributed by atoms with Crippen molar-refractivity contribution in [3.05, 3.63) is 29.8 Å². The molecular formula is C12H16N2OS2. The number of hydrogen-bond acceptors (Lipinski definition) is 3. The number of carbonyl (C=O) groups is 1. The molecule has 0 saturated heterocycles. The first-order chi connectivity index (χ1) is 7.99. The molecule has 0 aliphatic rings. The molecule has 0 aromatic heterocycles. The van der Waals surface area contributed by atoms with Crippen LogP contribution in [-0.4, -0.2) is 35.0 Å². The highest BCUT2D eigenvalue weighted by Crippen LogP contribution is 2.11. The summed E-state index contributed by atoms with van der Waals surface area (Å²) >= 11 is 6.45. The van der Waals surface area contributed by atoms with Crippen LogP contribution in [-0.2, 0) is 4.79 Å². The lowest BCUT2D eigenvalue weighted by molar-refractivity contribution is -0.113. The van der Waals surface area contributed by atoms with Gasteiger partial charge >= 0.3 is 0 Å². The minimum atomic E-state index is -0.0372. The number of thiocarbonyl (C=S) groups is 1. The van der Waals surface area contributed by atoms with E-state index >= 15 is 0 Å². The smallest absolute Gasteiger partial charge is 0.234 e. The van der Waals surface area contributed by atoms with Crippen molar-refractivity contribution in [3.8, 4) is 0 Å². The highest BCUT2D eigenvalue weighted by molar-refractivity contribution is 8.23. The Morgan fingerprint density at radius 2 is 2.18 bits per heavy atom. The van der Waals surface area contributed by atoms with E-state index in [0.717, 1.165) is 11.3 Å². The molecule has 1 aromatic rings.